The molecule has 1 fully saturated rings. The molecule has 1 saturated heterocycles. The van der Waals surface area contributed by atoms with Gasteiger partial charge in [0.2, 0.25) is 0 Å². The van der Waals surface area contributed by atoms with E-state index < -0.39 is 73.9 Å². The summed E-state index contributed by atoms with van der Waals surface area (Å²) in [5, 5.41) is 84.6. The van der Waals surface area contributed by atoms with Crippen molar-refractivity contribution in [2.75, 3.05) is 13.2 Å². The Morgan fingerprint density at radius 1 is 0.957 bits per heavy atom. The van der Waals surface area contributed by atoms with Gasteiger partial charge in [0, 0.05) is 0 Å². The quantitative estimate of drug-likeness (QED) is 0.212. The highest BCUT2D eigenvalue weighted by atomic mass is 16.6. The number of hydrogen-bond acceptors (Lipinski definition) is 11. The molecule has 11 heteroatoms. The lowest BCUT2D eigenvalue weighted by atomic mass is 9.89. The van der Waals surface area contributed by atoms with Crippen LogP contribution >= 0.6 is 0 Å². The van der Waals surface area contributed by atoms with Crippen molar-refractivity contribution in [2.45, 2.75) is 54.9 Å². The normalized spacial score (nSPS) is 37.0. The smallest absolute Gasteiger partial charge is 0.195 e. The van der Waals surface area contributed by atoms with Gasteiger partial charge in [-0.05, 0) is 0 Å². The van der Waals surface area contributed by atoms with E-state index >= 15 is 0 Å². The highest BCUT2D eigenvalue weighted by molar-refractivity contribution is 5.88. The van der Waals surface area contributed by atoms with Gasteiger partial charge in [-0.15, -0.1) is 0 Å². The highest BCUT2D eigenvalue weighted by Crippen LogP contribution is 2.24. The van der Waals surface area contributed by atoms with Gasteiger partial charge >= 0.3 is 0 Å². The predicted molar refractivity (Wildman–Crippen MR) is 69.9 cm³/mol. The number of hydrogen-bond donors (Lipinski definition) is 9. The summed E-state index contributed by atoms with van der Waals surface area (Å²) in [6.45, 7) is -1.74. The first-order chi connectivity index (χ1) is 10.7. The van der Waals surface area contributed by atoms with Gasteiger partial charge in [-0.25, -0.2) is 0 Å². The first-order valence-electron chi connectivity index (χ1n) is 6.84. The molecular formula is C12H22O11. The molecule has 0 saturated carbocycles. The first kappa shape index (κ1) is 20.3. The molecule has 9 atom stereocenters. The molecule has 23 heavy (non-hydrogen) atoms. The van der Waals surface area contributed by atoms with Gasteiger partial charge in [0.25, 0.3) is 0 Å². The minimum absolute atomic E-state index is 0.781. The van der Waals surface area contributed by atoms with E-state index in [1.165, 1.54) is 0 Å². The Morgan fingerprint density at radius 3 is 2.00 bits per heavy atom. The second-order valence-electron chi connectivity index (χ2n) is 5.33. The van der Waals surface area contributed by atoms with Crippen LogP contribution in [0.1, 0.15) is 0 Å². The summed E-state index contributed by atoms with van der Waals surface area (Å²) in [6.07, 6.45) is -17.1. The topological polar surface area (TPSA) is 208 Å². The maximum absolute atomic E-state index is 11.9. The molecule has 0 aromatic heterocycles. The minimum Gasteiger partial charge on any atom is -0.394 e. The van der Waals surface area contributed by atoms with E-state index in [1.54, 1.807) is 0 Å². The number of carbonyl (C=O) groups is 1. The van der Waals surface area contributed by atoms with E-state index in [2.05, 4.69) is 0 Å². The number of ketones is 1. The minimum atomic E-state index is -2.31. The maximum Gasteiger partial charge on any atom is 0.195 e. The van der Waals surface area contributed by atoms with E-state index in [0.29, 0.717) is 0 Å². The molecule has 136 valence electrons. The standard InChI is InChI=1S/C12H22O11/c13-1-3(15)5(16)7(18)9(20)11(22)12-10(21)8(19)6(17)4(2-14)23-12/h3-8,10-19,21-22H,1-2H2/t3-,4-,5+,6-,7+,8+,10-,11?,12?/m1/s1. The van der Waals surface area contributed by atoms with Crippen molar-refractivity contribution in [2.24, 2.45) is 0 Å². The molecule has 0 amide bonds. The fourth-order valence-corrected chi connectivity index (χ4v) is 2.21. The van der Waals surface area contributed by atoms with Crippen LogP contribution in [0.5, 0.6) is 0 Å². The predicted octanol–water partition coefficient (Wildman–Crippen LogP) is -6.17. The Balaban J connectivity index is 2.85. The van der Waals surface area contributed by atoms with E-state index in [-0.39, 0.29) is 0 Å². The van der Waals surface area contributed by atoms with Crippen molar-refractivity contribution >= 4 is 5.78 Å². The Labute approximate surface area is 130 Å². The van der Waals surface area contributed by atoms with Gasteiger partial charge in [0.15, 0.2) is 5.78 Å². The Hall–Kier alpha value is -0.730. The van der Waals surface area contributed by atoms with Gasteiger partial charge in [-0.3, -0.25) is 4.79 Å². The molecule has 0 aromatic carbocycles. The van der Waals surface area contributed by atoms with Crippen LogP contribution < -0.4 is 0 Å². The van der Waals surface area contributed by atoms with Crippen molar-refractivity contribution in [3.05, 3.63) is 0 Å². The van der Waals surface area contributed by atoms with Gasteiger partial charge < -0.3 is 50.7 Å². The van der Waals surface area contributed by atoms with Gasteiger partial charge in [0.1, 0.15) is 54.9 Å². The van der Waals surface area contributed by atoms with Gasteiger partial charge in [-0.1, -0.05) is 0 Å². The average molecular weight is 342 g/mol. The zero-order valence-electron chi connectivity index (χ0n) is 12.0. The molecule has 2 unspecified atom stereocenters. The summed E-state index contributed by atoms with van der Waals surface area (Å²) in [5.41, 5.74) is 0. The number of Topliss-reactive ketones (excluding diaryl/α,β-unsaturated/α-hetero) is 1. The van der Waals surface area contributed by atoms with Crippen LogP contribution in [0.15, 0.2) is 0 Å². The molecule has 9 N–H and O–H groups in total. The molecule has 0 bridgehead atoms. The lowest BCUT2D eigenvalue weighted by Crippen LogP contribution is -2.63. The monoisotopic (exact) mass is 342 g/mol. The molecule has 0 spiro atoms. The van der Waals surface area contributed by atoms with Crippen molar-refractivity contribution in [3.63, 3.8) is 0 Å². The number of aliphatic hydroxyl groups is 9. The Kier molecular flexibility index (Phi) is 7.41. The molecule has 0 aliphatic carbocycles. The lowest BCUT2D eigenvalue weighted by Gasteiger charge is -2.41. The first-order valence-corrected chi connectivity index (χ1v) is 6.84. The number of carbonyl (C=O) groups excluding carboxylic acids is 1. The van der Waals surface area contributed by atoms with E-state index in [4.69, 9.17) is 20.1 Å². The fourth-order valence-electron chi connectivity index (χ4n) is 2.21. The van der Waals surface area contributed by atoms with E-state index in [0.717, 1.165) is 0 Å². The second kappa shape index (κ2) is 8.39. The zero-order chi connectivity index (χ0) is 17.9. The number of ether oxygens (including phenoxy) is 1. The largest absolute Gasteiger partial charge is 0.394 e. The third-order valence-corrected chi connectivity index (χ3v) is 3.73. The second-order valence-corrected chi connectivity index (χ2v) is 5.33. The van der Waals surface area contributed by atoms with Crippen molar-refractivity contribution in [3.8, 4) is 0 Å². The SMILES string of the molecule is O=C(C(O)C1O[C@H](CO)[C@@H](O)[C@H](O)[C@H]1O)[C@@H](O)[C@@H](O)[C@H](O)CO. The van der Waals surface area contributed by atoms with Crippen molar-refractivity contribution in [1.29, 1.82) is 0 Å². The summed E-state index contributed by atoms with van der Waals surface area (Å²) in [4.78, 5) is 11.9. The molecule has 0 radical (unpaired) electrons. The van der Waals surface area contributed by atoms with Crippen LogP contribution in [-0.4, -0.2) is 120 Å². The van der Waals surface area contributed by atoms with Crippen LogP contribution in [0.3, 0.4) is 0 Å². The zero-order valence-corrected chi connectivity index (χ0v) is 12.0. The summed E-state index contributed by atoms with van der Waals surface area (Å²) in [5.74, 6) is -1.45. The van der Waals surface area contributed by atoms with Crippen LogP contribution in [0.4, 0.5) is 0 Å². The van der Waals surface area contributed by atoms with Crippen LogP contribution in [-0.2, 0) is 9.53 Å². The van der Waals surface area contributed by atoms with E-state index in [1.807, 2.05) is 0 Å². The Morgan fingerprint density at radius 2 is 1.52 bits per heavy atom. The fraction of sp³-hybridized carbons (Fsp3) is 0.917. The van der Waals surface area contributed by atoms with E-state index in [9.17, 15) is 35.4 Å². The number of aliphatic hydroxyl groups excluding tert-OH is 9. The van der Waals surface area contributed by atoms with Crippen LogP contribution in [0.25, 0.3) is 0 Å². The summed E-state index contributed by atoms with van der Waals surface area (Å²) >= 11 is 0. The molecule has 11 nitrogen and oxygen atoms in total. The van der Waals surface area contributed by atoms with Gasteiger partial charge in [-0.2, -0.15) is 0 Å². The molecule has 1 aliphatic rings. The lowest BCUT2D eigenvalue weighted by molar-refractivity contribution is -0.248. The maximum atomic E-state index is 11.9. The summed E-state index contributed by atoms with van der Waals surface area (Å²) in [6, 6.07) is 0. The molecule has 0 aromatic rings. The summed E-state index contributed by atoms with van der Waals surface area (Å²) < 4.78 is 4.94. The van der Waals surface area contributed by atoms with Gasteiger partial charge in [0.05, 0.1) is 13.2 Å². The molecule has 1 aliphatic heterocycles. The van der Waals surface area contributed by atoms with Crippen LogP contribution in [0.2, 0.25) is 0 Å². The Bertz CT molecular complexity index is 389. The summed E-state index contributed by atoms with van der Waals surface area (Å²) in [7, 11) is 0. The van der Waals surface area contributed by atoms with Crippen molar-refractivity contribution < 1.29 is 55.5 Å². The molecular weight excluding hydrogens is 320 g/mol. The third kappa shape index (κ3) is 4.22. The highest BCUT2D eigenvalue weighted by Gasteiger charge is 2.49. The number of rotatable bonds is 7. The molecule has 1 heterocycles. The average Bonchev–Trinajstić information content (AvgIpc) is 2.56. The third-order valence-electron chi connectivity index (χ3n) is 3.73. The molecule has 1 rings (SSSR count). The van der Waals surface area contributed by atoms with Crippen molar-refractivity contribution in [1.82, 2.24) is 0 Å². The van der Waals surface area contributed by atoms with Crippen LogP contribution in [0, 0.1) is 0 Å².